The third-order valence-corrected chi connectivity index (χ3v) is 3.99. The number of carbonyl (C=O) groups excluding carboxylic acids is 1. The number of nitrogens with one attached hydrogen (secondary N) is 2. The van der Waals surface area contributed by atoms with E-state index in [0.717, 1.165) is 0 Å². The van der Waals surface area contributed by atoms with Gasteiger partial charge < -0.3 is 11.1 Å². The highest BCUT2D eigenvalue weighted by Crippen LogP contribution is 2.17. The zero-order valence-electron chi connectivity index (χ0n) is 11.6. The maximum Gasteiger partial charge on any atom is 0.232 e. The van der Waals surface area contributed by atoms with E-state index < -0.39 is 10.0 Å². The van der Waals surface area contributed by atoms with Crippen LogP contribution in [-0.2, 0) is 14.8 Å². The van der Waals surface area contributed by atoms with Crippen LogP contribution in [0, 0.1) is 0 Å². The van der Waals surface area contributed by atoms with Crippen LogP contribution in [-0.4, -0.2) is 26.6 Å². The van der Waals surface area contributed by atoms with Gasteiger partial charge in [0.2, 0.25) is 15.9 Å². The summed E-state index contributed by atoms with van der Waals surface area (Å²) in [6.07, 6.45) is 1.52. The van der Waals surface area contributed by atoms with Crippen LogP contribution in [0.4, 0.5) is 11.4 Å². The Balaban J connectivity index is 2.69. The quantitative estimate of drug-likeness (QED) is 0.677. The molecule has 0 heterocycles. The topological polar surface area (TPSA) is 101 Å². The van der Waals surface area contributed by atoms with Crippen LogP contribution >= 0.6 is 0 Å². The maximum absolute atomic E-state index is 11.7. The van der Waals surface area contributed by atoms with Gasteiger partial charge in [-0.25, -0.2) is 8.42 Å². The summed E-state index contributed by atoms with van der Waals surface area (Å²) in [5.74, 6) is -0.0656. The zero-order valence-corrected chi connectivity index (χ0v) is 12.4. The standard InChI is InChI=1S/C13H21N3O3S/c1-2-9-20(18,19)16-12-6-3-5-11(10-12)15-13(17)7-4-8-14/h3,5-6,10,16H,2,4,7-9,14H2,1H3,(H,15,17). The fourth-order valence-corrected chi connectivity index (χ4v) is 2.77. The number of rotatable bonds is 8. The van der Waals surface area contributed by atoms with Gasteiger partial charge in [-0.15, -0.1) is 0 Å². The Morgan fingerprint density at radius 3 is 2.65 bits per heavy atom. The SMILES string of the molecule is CCCS(=O)(=O)Nc1cccc(NC(=O)CCCN)c1. The Morgan fingerprint density at radius 2 is 2.00 bits per heavy atom. The molecule has 1 aromatic carbocycles. The lowest BCUT2D eigenvalue weighted by Gasteiger charge is -2.09. The summed E-state index contributed by atoms with van der Waals surface area (Å²) in [4.78, 5) is 11.6. The van der Waals surface area contributed by atoms with Crippen molar-refractivity contribution in [2.45, 2.75) is 26.2 Å². The molecule has 0 radical (unpaired) electrons. The average Bonchev–Trinajstić information content (AvgIpc) is 2.36. The molecule has 7 heteroatoms. The van der Waals surface area contributed by atoms with E-state index in [-0.39, 0.29) is 11.7 Å². The Bertz CT molecular complexity index is 544. The van der Waals surface area contributed by atoms with Crippen molar-refractivity contribution in [1.82, 2.24) is 0 Å². The lowest BCUT2D eigenvalue weighted by atomic mass is 10.2. The summed E-state index contributed by atoms with van der Waals surface area (Å²) in [6, 6.07) is 6.62. The van der Waals surface area contributed by atoms with Gasteiger partial charge in [-0.3, -0.25) is 9.52 Å². The Hall–Kier alpha value is -1.60. The van der Waals surface area contributed by atoms with E-state index in [9.17, 15) is 13.2 Å². The molecule has 0 unspecified atom stereocenters. The monoisotopic (exact) mass is 299 g/mol. The fraction of sp³-hybridized carbons (Fsp3) is 0.462. The van der Waals surface area contributed by atoms with Gasteiger partial charge in [0.25, 0.3) is 0 Å². The van der Waals surface area contributed by atoms with E-state index in [0.29, 0.717) is 37.2 Å². The number of hydrogen-bond donors (Lipinski definition) is 3. The van der Waals surface area contributed by atoms with Crippen molar-refractivity contribution in [3.63, 3.8) is 0 Å². The lowest BCUT2D eigenvalue weighted by Crippen LogP contribution is -2.17. The van der Waals surface area contributed by atoms with Gasteiger partial charge in [0, 0.05) is 12.1 Å². The maximum atomic E-state index is 11.7. The van der Waals surface area contributed by atoms with Crippen molar-refractivity contribution in [3.8, 4) is 0 Å². The Labute approximate surface area is 119 Å². The summed E-state index contributed by atoms with van der Waals surface area (Å²) >= 11 is 0. The number of carbonyl (C=O) groups is 1. The molecule has 112 valence electrons. The van der Waals surface area contributed by atoms with Crippen molar-refractivity contribution in [2.24, 2.45) is 5.73 Å². The first-order valence-electron chi connectivity index (χ1n) is 6.57. The molecule has 1 aromatic rings. The normalized spacial score (nSPS) is 11.1. The molecule has 0 fully saturated rings. The highest BCUT2D eigenvalue weighted by atomic mass is 32.2. The predicted octanol–water partition coefficient (Wildman–Crippen LogP) is 1.52. The first-order chi connectivity index (χ1) is 9.46. The molecule has 0 saturated carbocycles. The zero-order chi connectivity index (χ0) is 15.0. The minimum absolute atomic E-state index is 0.0695. The highest BCUT2D eigenvalue weighted by molar-refractivity contribution is 7.92. The summed E-state index contributed by atoms with van der Waals surface area (Å²) in [7, 11) is -3.32. The number of anilines is 2. The number of benzene rings is 1. The predicted molar refractivity (Wildman–Crippen MR) is 81.1 cm³/mol. The van der Waals surface area contributed by atoms with Crippen LogP contribution in [0.1, 0.15) is 26.2 Å². The first-order valence-corrected chi connectivity index (χ1v) is 8.22. The van der Waals surface area contributed by atoms with E-state index in [1.54, 1.807) is 31.2 Å². The molecule has 0 aromatic heterocycles. The molecule has 0 saturated heterocycles. The molecule has 20 heavy (non-hydrogen) atoms. The summed E-state index contributed by atoms with van der Waals surface area (Å²) in [6.45, 7) is 2.26. The van der Waals surface area contributed by atoms with Crippen molar-refractivity contribution in [1.29, 1.82) is 0 Å². The van der Waals surface area contributed by atoms with Gasteiger partial charge in [-0.1, -0.05) is 13.0 Å². The third kappa shape index (κ3) is 6.03. The molecule has 0 aliphatic carbocycles. The molecule has 0 atom stereocenters. The van der Waals surface area contributed by atoms with Gasteiger partial charge in [0.1, 0.15) is 0 Å². The minimum atomic E-state index is -3.32. The largest absolute Gasteiger partial charge is 0.330 e. The number of nitrogens with two attached hydrogens (primary N) is 1. The van der Waals surface area contributed by atoms with Crippen LogP contribution in [0.5, 0.6) is 0 Å². The summed E-state index contributed by atoms with van der Waals surface area (Å²) in [5, 5.41) is 2.71. The van der Waals surface area contributed by atoms with E-state index in [1.165, 1.54) is 0 Å². The molecular formula is C13H21N3O3S. The molecule has 0 aliphatic rings. The van der Waals surface area contributed by atoms with E-state index >= 15 is 0 Å². The van der Waals surface area contributed by atoms with E-state index in [4.69, 9.17) is 5.73 Å². The van der Waals surface area contributed by atoms with Gasteiger partial charge in [-0.05, 0) is 37.6 Å². The van der Waals surface area contributed by atoms with Gasteiger partial charge in [0.05, 0.1) is 11.4 Å². The Kier molecular flexibility index (Phi) is 6.47. The van der Waals surface area contributed by atoms with Crippen LogP contribution < -0.4 is 15.8 Å². The van der Waals surface area contributed by atoms with E-state index in [1.807, 2.05) is 0 Å². The van der Waals surface area contributed by atoms with Gasteiger partial charge >= 0.3 is 0 Å². The first kappa shape index (κ1) is 16.5. The van der Waals surface area contributed by atoms with Crippen LogP contribution in [0.3, 0.4) is 0 Å². The second-order valence-corrected chi connectivity index (χ2v) is 6.28. The van der Waals surface area contributed by atoms with Gasteiger partial charge in [0.15, 0.2) is 0 Å². The third-order valence-electron chi connectivity index (χ3n) is 2.50. The van der Waals surface area contributed by atoms with Crippen molar-refractivity contribution >= 4 is 27.3 Å². The molecule has 1 rings (SSSR count). The van der Waals surface area contributed by atoms with E-state index in [2.05, 4.69) is 10.0 Å². The lowest BCUT2D eigenvalue weighted by molar-refractivity contribution is -0.116. The average molecular weight is 299 g/mol. The number of hydrogen-bond acceptors (Lipinski definition) is 4. The van der Waals surface area contributed by atoms with Crippen molar-refractivity contribution in [3.05, 3.63) is 24.3 Å². The smallest absolute Gasteiger partial charge is 0.232 e. The van der Waals surface area contributed by atoms with Crippen LogP contribution in [0.2, 0.25) is 0 Å². The van der Waals surface area contributed by atoms with Crippen molar-refractivity contribution in [2.75, 3.05) is 22.3 Å². The summed E-state index contributed by atoms with van der Waals surface area (Å²) in [5.41, 5.74) is 6.33. The molecule has 0 spiro atoms. The van der Waals surface area contributed by atoms with Gasteiger partial charge in [-0.2, -0.15) is 0 Å². The molecule has 6 nitrogen and oxygen atoms in total. The molecule has 0 aliphatic heterocycles. The molecular weight excluding hydrogens is 278 g/mol. The second kappa shape index (κ2) is 7.86. The molecule has 0 bridgehead atoms. The second-order valence-electron chi connectivity index (χ2n) is 4.44. The Morgan fingerprint density at radius 1 is 1.30 bits per heavy atom. The minimum Gasteiger partial charge on any atom is -0.330 e. The van der Waals surface area contributed by atoms with Crippen molar-refractivity contribution < 1.29 is 13.2 Å². The highest BCUT2D eigenvalue weighted by Gasteiger charge is 2.09. The summed E-state index contributed by atoms with van der Waals surface area (Å²) < 4.78 is 25.8. The fourth-order valence-electron chi connectivity index (χ4n) is 1.65. The molecule has 1 amide bonds. The van der Waals surface area contributed by atoms with Crippen LogP contribution in [0.25, 0.3) is 0 Å². The number of sulfonamides is 1. The van der Waals surface area contributed by atoms with Crippen LogP contribution in [0.15, 0.2) is 24.3 Å². The molecule has 4 N–H and O–H groups in total. The number of amides is 1.